The maximum absolute atomic E-state index is 12.2. The Hall–Kier alpha value is -3.40. The van der Waals surface area contributed by atoms with Gasteiger partial charge in [0.25, 0.3) is 5.89 Å². The highest BCUT2D eigenvalue weighted by molar-refractivity contribution is 7.92. The number of nitrogens with one attached hydrogen (secondary N) is 1. The normalized spacial score (nSPS) is 11.1. The van der Waals surface area contributed by atoms with Gasteiger partial charge in [-0.05, 0) is 24.3 Å². The molecule has 1 heterocycles. The molecular weight excluding hydrogens is 386 g/mol. The van der Waals surface area contributed by atoms with Crippen molar-refractivity contribution in [2.75, 3.05) is 25.3 Å². The molecule has 1 amide bonds. The molecule has 0 aliphatic heterocycles. The van der Waals surface area contributed by atoms with Crippen LogP contribution in [-0.2, 0) is 14.6 Å². The Labute approximate surface area is 161 Å². The average molecular weight is 403 g/mol. The first-order valence-corrected chi connectivity index (χ1v) is 9.71. The zero-order valence-electron chi connectivity index (χ0n) is 15.1. The van der Waals surface area contributed by atoms with Gasteiger partial charge < -0.3 is 13.9 Å². The number of benzene rings is 2. The lowest BCUT2D eigenvalue weighted by atomic mass is 10.2. The van der Waals surface area contributed by atoms with Crippen LogP contribution >= 0.6 is 0 Å². The fraction of sp³-hybridized carbons (Fsp3) is 0.167. The summed E-state index contributed by atoms with van der Waals surface area (Å²) in [6.07, 6.45) is 0. The van der Waals surface area contributed by atoms with Crippen LogP contribution in [0.25, 0.3) is 11.5 Å². The average Bonchev–Trinajstić information content (AvgIpc) is 3.15. The molecular formula is C18H17N3O6S. The van der Waals surface area contributed by atoms with E-state index in [0.29, 0.717) is 17.1 Å². The molecule has 0 saturated heterocycles. The van der Waals surface area contributed by atoms with E-state index in [9.17, 15) is 13.2 Å². The Bertz CT molecular complexity index is 1080. The van der Waals surface area contributed by atoms with Gasteiger partial charge >= 0.3 is 6.01 Å². The summed E-state index contributed by atoms with van der Waals surface area (Å²) < 4.78 is 40.3. The third-order valence-corrected chi connectivity index (χ3v) is 5.37. The summed E-state index contributed by atoms with van der Waals surface area (Å²) in [6.45, 7) is 0. The first kappa shape index (κ1) is 19.4. The molecule has 3 aromatic rings. The van der Waals surface area contributed by atoms with Crippen molar-refractivity contribution >= 4 is 21.8 Å². The lowest BCUT2D eigenvalue weighted by Gasteiger charge is -2.07. The molecule has 2 aromatic carbocycles. The van der Waals surface area contributed by atoms with Gasteiger partial charge in [-0.2, -0.15) is 0 Å². The smallest absolute Gasteiger partial charge is 0.322 e. The van der Waals surface area contributed by atoms with Gasteiger partial charge in [0, 0.05) is 6.07 Å². The van der Waals surface area contributed by atoms with Gasteiger partial charge in [-0.25, -0.2) is 8.42 Å². The van der Waals surface area contributed by atoms with Crippen molar-refractivity contribution in [3.8, 4) is 23.0 Å². The topological polar surface area (TPSA) is 121 Å². The van der Waals surface area contributed by atoms with Crippen molar-refractivity contribution in [1.82, 2.24) is 10.2 Å². The van der Waals surface area contributed by atoms with Crippen LogP contribution in [0.3, 0.4) is 0 Å². The first-order valence-electron chi connectivity index (χ1n) is 8.06. The largest absolute Gasteiger partial charge is 0.497 e. The lowest BCUT2D eigenvalue weighted by molar-refractivity contribution is -0.114. The molecule has 1 N–H and O–H groups in total. The summed E-state index contributed by atoms with van der Waals surface area (Å²) in [5.74, 6) is -0.422. The number of anilines is 1. The number of carbonyl (C=O) groups is 1. The van der Waals surface area contributed by atoms with E-state index in [1.165, 1.54) is 26.4 Å². The van der Waals surface area contributed by atoms with Crippen LogP contribution in [0.5, 0.6) is 11.5 Å². The van der Waals surface area contributed by atoms with Crippen molar-refractivity contribution in [3.05, 3.63) is 48.5 Å². The first-order chi connectivity index (χ1) is 13.4. The molecule has 146 valence electrons. The van der Waals surface area contributed by atoms with Crippen LogP contribution in [0.2, 0.25) is 0 Å². The maximum atomic E-state index is 12.2. The quantitative estimate of drug-likeness (QED) is 0.637. The summed E-state index contributed by atoms with van der Waals surface area (Å²) in [5, 5.41) is 9.87. The third-order valence-electron chi connectivity index (χ3n) is 3.73. The van der Waals surface area contributed by atoms with Crippen molar-refractivity contribution < 1.29 is 27.1 Å². The van der Waals surface area contributed by atoms with Crippen LogP contribution in [0.4, 0.5) is 6.01 Å². The van der Waals surface area contributed by atoms with Gasteiger partial charge in [0.15, 0.2) is 9.84 Å². The Morgan fingerprint density at radius 1 is 1.07 bits per heavy atom. The molecule has 0 bridgehead atoms. The standard InChI is InChI=1S/C18H17N3O6S/c1-25-12-8-9-14(15(10-12)26-2)17-20-21-18(27-17)19-16(22)11-28(23,24)13-6-4-3-5-7-13/h3-10H,11H2,1-2H3,(H,19,21,22). The highest BCUT2D eigenvalue weighted by Gasteiger charge is 2.21. The molecule has 9 nitrogen and oxygen atoms in total. The second-order valence-corrected chi connectivity index (χ2v) is 7.59. The molecule has 0 spiro atoms. The number of hydrogen-bond acceptors (Lipinski definition) is 8. The second-order valence-electron chi connectivity index (χ2n) is 5.60. The minimum Gasteiger partial charge on any atom is -0.497 e. The molecule has 0 aliphatic carbocycles. The number of ether oxygens (including phenoxy) is 2. The van der Waals surface area contributed by atoms with E-state index >= 15 is 0 Å². The number of carbonyl (C=O) groups excluding carboxylic acids is 1. The number of hydrogen-bond donors (Lipinski definition) is 1. The summed E-state index contributed by atoms with van der Waals surface area (Å²) in [7, 11) is -0.775. The van der Waals surface area contributed by atoms with Crippen molar-refractivity contribution in [1.29, 1.82) is 0 Å². The van der Waals surface area contributed by atoms with Gasteiger partial charge in [-0.15, -0.1) is 5.10 Å². The van der Waals surface area contributed by atoms with Gasteiger partial charge in [-0.3, -0.25) is 10.1 Å². The van der Waals surface area contributed by atoms with E-state index in [4.69, 9.17) is 13.9 Å². The van der Waals surface area contributed by atoms with Gasteiger partial charge in [0.05, 0.1) is 24.7 Å². The Morgan fingerprint density at radius 3 is 2.50 bits per heavy atom. The molecule has 1 aromatic heterocycles. The molecule has 0 atom stereocenters. The Kier molecular flexibility index (Phi) is 5.59. The molecule has 10 heteroatoms. The van der Waals surface area contributed by atoms with Gasteiger partial charge in [0.1, 0.15) is 17.3 Å². The SMILES string of the molecule is COc1ccc(-c2nnc(NC(=O)CS(=O)(=O)c3ccccc3)o2)c(OC)c1. The number of sulfone groups is 1. The Balaban J connectivity index is 1.74. The van der Waals surface area contributed by atoms with Crippen molar-refractivity contribution in [3.63, 3.8) is 0 Å². The predicted molar refractivity (Wildman–Crippen MR) is 100.0 cm³/mol. The van der Waals surface area contributed by atoms with E-state index in [0.717, 1.165) is 0 Å². The van der Waals surface area contributed by atoms with Crippen LogP contribution in [-0.4, -0.2) is 44.5 Å². The molecule has 0 radical (unpaired) electrons. The molecule has 0 aliphatic rings. The van der Waals surface area contributed by atoms with Crippen LogP contribution in [0, 0.1) is 0 Å². The highest BCUT2D eigenvalue weighted by atomic mass is 32.2. The van der Waals surface area contributed by atoms with E-state index in [-0.39, 0.29) is 16.8 Å². The zero-order chi connectivity index (χ0) is 20.1. The number of rotatable bonds is 7. The summed E-state index contributed by atoms with van der Waals surface area (Å²) in [4.78, 5) is 12.1. The maximum Gasteiger partial charge on any atom is 0.322 e. The third kappa shape index (κ3) is 4.29. The fourth-order valence-corrected chi connectivity index (χ4v) is 3.55. The highest BCUT2D eigenvalue weighted by Crippen LogP contribution is 2.33. The molecule has 0 unspecified atom stereocenters. The molecule has 0 fully saturated rings. The van der Waals surface area contributed by atoms with E-state index < -0.39 is 21.5 Å². The second kappa shape index (κ2) is 8.09. The summed E-state index contributed by atoms with van der Waals surface area (Å²) in [6, 6.07) is 12.5. The lowest BCUT2D eigenvalue weighted by Crippen LogP contribution is -2.23. The molecule has 3 rings (SSSR count). The fourth-order valence-electron chi connectivity index (χ4n) is 2.40. The van der Waals surface area contributed by atoms with Crippen LogP contribution < -0.4 is 14.8 Å². The van der Waals surface area contributed by atoms with E-state index in [1.807, 2.05) is 0 Å². The summed E-state index contributed by atoms with van der Waals surface area (Å²) >= 11 is 0. The predicted octanol–water partition coefficient (Wildman–Crippen LogP) is 2.17. The minimum absolute atomic E-state index is 0.0549. The number of aromatic nitrogens is 2. The molecule has 28 heavy (non-hydrogen) atoms. The van der Waals surface area contributed by atoms with Gasteiger partial charge in [-0.1, -0.05) is 23.3 Å². The number of amides is 1. The van der Waals surface area contributed by atoms with Crippen LogP contribution in [0.15, 0.2) is 57.8 Å². The molecule has 0 saturated carbocycles. The van der Waals surface area contributed by atoms with Gasteiger partial charge in [0.2, 0.25) is 5.91 Å². The number of methoxy groups -OCH3 is 2. The minimum atomic E-state index is -3.78. The van der Waals surface area contributed by atoms with Crippen molar-refractivity contribution in [2.24, 2.45) is 0 Å². The monoisotopic (exact) mass is 403 g/mol. The Morgan fingerprint density at radius 2 is 1.82 bits per heavy atom. The summed E-state index contributed by atoms with van der Waals surface area (Å²) in [5.41, 5.74) is 0.494. The van der Waals surface area contributed by atoms with Crippen LogP contribution in [0.1, 0.15) is 0 Å². The van der Waals surface area contributed by atoms with E-state index in [1.54, 1.807) is 36.4 Å². The van der Waals surface area contributed by atoms with Crippen molar-refractivity contribution in [2.45, 2.75) is 4.90 Å². The van der Waals surface area contributed by atoms with E-state index in [2.05, 4.69) is 15.5 Å². The number of nitrogens with zero attached hydrogens (tertiary/aromatic N) is 2. The zero-order valence-corrected chi connectivity index (χ0v) is 15.9.